The third kappa shape index (κ3) is 6.85. The van der Waals surface area contributed by atoms with Crippen LogP contribution < -0.4 is 14.6 Å². The second kappa shape index (κ2) is 12.0. The number of hydrogen-bond donors (Lipinski definition) is 0. The average molecular weight is 573 g/mol. The maximum Gasteiger partial charge on any atom is 0.410 e. The van der Waals surface area contributed by atoms with Crippen molar-refractivity contribution >= 4 is 40.1 Å². The Bertz CT molecular complexity index is 1340. The Balaban J connectivity index is 1.34. The lowest BCUT2D eigenvalue weighted by Gasteiger charge is -2.33. The van der Waals surface area contributed by atoms with Crippen molar-refractivity contribution in [3.8, 4) is 11.5 Å². The number of piperidine rings is 1. The standard InChI is InChI=1S/C29H34ClFN4O5/c1-29(2,3)40-28(36)34-10-7-19(8-11-34)16-38-23-14-24-26(25(15-23)39-22-9-12-37-17-22)27(33-18-32-24)35(31)21-6-4-5-20(30)13-21/h4-6,13-15,18-19,22H,7-12,16-17H2,1-3H3. The van der Waals surface area contributed by atoms with Crippen molar-refractivity contribution < 1.29 is 28.2 Å². The molecule has 9 nitrogen and oxygen atoms in total. The molecule has 40 heavy (non-hydrogen) atoms. The number of fused-ring (bicyclic) bond motifs is 1. The molecule has 2 aliphatic rings. The molecule has 2 saturated heterocycles. The van der Waals surface area contributed by atoms with E-state index in [1.807, 2.05) is 20.8 Å². The molecule has 3 heterocycles. The number of carbonyl (C=O) groups is 1. The van der Waals surface area contributed by atoms with Crippen LogP contribution in [-0.2, 0) is 9.47 Å². The van der Waals surface area contributed by atoms with Gasteiger partial charge in [-0.15, -0.1) is 0 Å². The molecule has 1 aromatic heterocycles. The quantitative estimate of drug-likeness (QED) is 0.297. The number of amides is 1. The molecule has 11 heteroatoms. The molecule has 0 bridgehead atoms. The van der Waals surface area contributed by atoms with E-state index in [9.17, 15) is 4.79 Å². The molecule has 0 spiro atoms. The van der Waals surface area contributed by atoms with E-state index in [1.165, 1.54) is 12.4 Å². The predicted molar refractivity (Wildman–Crippen MR) is 150 cm³/mol. The van der Waals surface area contributed by atoms with Crippen molar-refractivity contribution in [2.24, 2.45) is 5.92 Å². The summed E-state index contributed by atoms with van der Waals surface area (Å²) in [5.74, 6) is 1.30. The van der Waals surface area contributed by atoms with Gasteiger partial charge in [0.1, 0.15) is 29.5 Å². The van der Waals surface area contributed by atoms with Crippen molar-refractivity contribution in [1.82, 2.24) is 14.9 Å². The zero-order chi connectivity index (χ0) is 28.3. The first-order chi connectivity index (χ1) is 19.2. The molecule has 0 aliphatic carbocycles. The van der Waals surface area contributed by atoms with Crippen LogP contribution in [0.4, 0.5) is 20.8 Å². The number of likely N-dealkylation sites (tertiary alicyclic amines) is 1. The van der Waals surface area contributed by atoms with E-state index in [1.54, 1.807) is 35.2 Å². The molecule has 0 saturated carbocycles. The predicted octanol–water partition coefficient (Wildman–Crippen LogP) is 6.50. The molecule has 1 atom stereocenters. The molecular formula is C29H34ClFN4O5. The first kappa shape index (κ1) is 28.2. The van der Waals surface area contributed by atoms with E-state index in [0.717, 1.165) is 19.3 Å². The van der Waals surface area contributed by atoms with Crippen LogP contribution in [0.5, 0.6) is 11.5 Å². The van der Waals surface area contributed by atoms with Crippen LogP contribution in [0, 0.1) is 5.92 Å². The normalized spacial score (nSPS) is 18.1. The van der Waals surface area contributed by atoms with Gasteiger partial charge in [-0.05, 0) is 57.7 Å². The van der Waals surface area contributed by atoms with Crippen LogP contribution in [0.3, 0.4) is 0 Å². The summed E-state index contributed by atoms with van der Waals surface area (Å²) in [6.45, 7) is 8.33. The first-order valence-corrected chi connectivity index (χ1v) is 13.9. The summed E-state index contributed by atoms with van der Waals surface area (Å²) in [6, 6.07) is 10.00. The van der Waals surface area contributed by atoms with Crippen molar-refractivity contribution in [3.63, 3.8) is 0 Å². The van der Waals surface area contributed by atoms with Gasteiger partial charge in [0.05, 0.1) is 36.4 Å². The number of nitrogens with zero attached hydrogens (tertiary/aromatic N) is 4. The minimum Gasteiger partial charge on any atom is -0.493 e. The number of ether oxygens (including phenoxy) is 4. The highest BCUT2D eigenvalue weighted by Gasteiger charge is 2.28. The highest BCUT2D eigenvalue weighted by Crippen LogP contribution is 2.40. The molecule has 2 fully saturated rings. The van der Waals surface area contributed by atoms with Crippen molar-refractivity contribution in [2.75, 3.05) is 38.0 Å². The third-order valence-corrected chi connectivity index (χ3v) is 7.04. The molecular weight excluding hydrogens is 539 g/mol. The van der Waals surface area contributed by atoms with Gasteiger partial charge < -0.3 is 23.8 Å². The lowest BCUT2D eigenvalue weighted by Crippen LogP contribution is -2.42. The van der Waals surface area contributed by atoms with Gasteiger partial charge in [-0.25, -0.2) is 14.8 Å². The molecule has 0 radical (unpaired) electrons. The van der Waals surface area contributed by atoms with Crippen molar-refractivity contribution in [1.29, 1.82) is 0 Å². The summed E-state index contributed by atoms with van der Waals surface area (Å²) < 4.78 is 39.2. The number of carbonyl (C=O) groups excluding carboxylic acids is 1. The van der Waals surface area contributed by atoms with Gasteiger partial charge in [0, 0.05) is 36.7 Å². The number of benzene rings is 2. The Morgan fingerprint density at radius 2 is 1.98 bits per heavy atom. The minimum absolute atomic E-state index is 0.0437. The highest BCUT2D eigenvalue weighted by atomic mass is 35.5. The van der Waals surface area contributed by atoms with Crippen LogP contribution in [0.1, 0.15) is 40.0 Å². The van der Waals surface area contributed by atoms with Gasteiger partial charge in [0.2, 0.25) is 0 Å². The van der Waals surface area contributed by atoms with E-state index in [0.29, 0.717) is 65.5 Å². The number of halogens is 2. The summed E-state index contributed by atoms with van der Waals surface area (Å²) >= 11 is 6.10. The fourth-order valence-electron chi connectivity index (χ4n) is 4.77. The minimum atomic E-state index is -0.520. The van der Waals surface area contributed by atoms with Gasteiger partial charge in [-0.2, -0.15) is 5.12 Å². The summed E-state index contributed by atoms with van der Waals surface area (Å²) in [7, 11) is 0. The van der Waals surface area contributed by atoms with Gasteiger partial charge in [-0.1, -0.05) is 22.1 Å². The van der Waals surface area contributed by atoms with E-state index in [2.05, 4.69) is 9.97 Å². The first-order valence-electron chi connectivity index (χ1n) is 13.5. The summed E-state index contributed by atoms with van der Waals surface area (Å²) in [5, 5.41) is 1.31. The molecule has 1 unspecified atom stereocenters. The van der Waals surface area contributed by atoms with Gasteiger partial charge >= 0.3 is 6.09 Å². The Labute approximate surface area is 238 Å². The van der Waals surface area contributed by atoms with E-state index in [-0.39, 0.29) is 29.6 Å². The summed E-state index contributed by atoms with van der Waals surface area (Å²) in [5.41, 5.74) is 0.204. The van der Waals surface area contributed by atoms with Crippen LogP contribution in [-0.4, -0.2) is 65.6 Å². The Kier molecular flexibility index (Phi) is 8.46. The van der Waals surface area contributed by atoms with Gasteiger partial charge in [0.15, 0.2) is 5.82 Å². The lowest BCUT2D eigenvalue weighted by atomic mass is 9.98. The summed E-state index contributed by atoms with van der Waals surface area (Å²) in [6.07, 6.45) is 3.18. The fraction of sp³-hybridized carbons (Fsp3) is 0.483. The van der Waals surface area contributed by atoms with Crippen molar-refractivity contribution in [3.05, 3.63) is 47.7 Å². The Hall–Kier alpha value is -3.37. The van der Waals surface area contributed by atoms with Crippen LogP contribution in [0.25, 0.3) is 10.9 Å². The van der Waals surface area contributed by atoms with Crippen LogP contribution in [0.15, 0.2) is 42.7 Å². The second-order valence-corrected chi connectivity index (χ2v) is 11.5. The Morgan fingerprint density at radius 1 is 1.18 bits per heavy atom. The van der Waals surface area contributed by atoms with Crippen LogP contribution in [0.2, 0.25) is 5.02 Å². The smallest absolute Gasteiger partial charge is 0.410 e. The molecule has 5 rings (SSSR count). The molecule has 0 N–H and O–H groups in total. The van der Waals surface area contributed by atoms with E-state index >= 15 is 4.48 Å². The SMILES string of the molecule is CC(C)(C)OC(=O)N1CCC(COc2cc(OC3CCOC3)c3c(N(F)c4cccc(Cl)c4)ncnc3c2)CC1. The Morgan fingerprint density at radius 3 is 2.67 bits per heavy atom. The van der Waals surface area contributed by atoms with Crippen molar-refractivity contribution in [2.45, 2.75) is 51.7 Å². The maximum atomic E-state index is 15.7. The molecule has 2 aliphatic heterocycles. The molecule has 214 valence electrons. The summed E-state index contributed by atoms with van der Waals surface area (Å²) in [4.78, 5) is 22.8. The van der Waals surface area contributed by atoms with Gasteiger partial charge in [0.25, 0.3) is 0 Å². The van der Waals surface area contributed by atoms with E-state index < -0.39 is 5.60 Å². The van der Waals surface area contributed by atoms with E-state index in [4.69, 9.17) is 30.5 Å². The topological polar surface area (TPSA) is 86.3 Å². The molecule has 2 aromatic carbocycles. The molecule has 1 amide bonds. The lowest BCUT2D eigenvalue weighted by molar-refractivity contribution is 0.0165. The van der Waals surface area contributed by atoms with Gasteiger partial charge in [-0.3, -0.25) is 0 Å². The largest absolute Gasteiger partial charge is 0.493 e. The van der Waals surface area contributed by atoms with Crippen LogP contribution >= 0.6 is 11.6 Å². The molecule has 3 aromatic rings. The number of aromatic nitrogens is 2. The maximum absolute atomic E-state index is 15.7. The fourth-order valence-corrected chi connectivity index (χ4v) is 4.95. The average Bonchev–Trinajstić information content (AvgIpc) is 3.43. The number of anilines is 2. The second-order valence-electron chi connectivity index (χ2n) is 11.1. The monoisotopic (exact) mass is 572 g/mol. The number of hydrogen-bond acceptors (Lipinski definition) is 8. The zero-order valence-electron chi connectivity index (χ0n) is 22.9. The zero-order valence-corrected chi connectivity index (χ0v) is 23.7. The third-order valence-electron chi connectivity index (χ3n) is 6.81. The highest BCUT2D eigenvalue weighted by molar-refractivity contribution is 6.30. The number of rotatable bonds is 7.